The molecule has 0 radical (unpaired) electrons. The quantitative estimate of drug-likeness (QED) is 0.510. The molecule has 0 amide bonds. The molecule has 0 spiro atoms. The second-order valence-electron chi connectivity index (χ2n) is 5.62. The molecular formula is C20H20BrN3O3S. The molecule has 2 aromatic carbocycles. The maximum Gasteiger partial charge on any atom is 0.205 e. The largest absolute Gasteiger partial charge is 0.493 e. The molecule has 0 atom stereocenters. The van der Waals surface area contributed by atoms with Crippen molar-refractivity contribution in [2.24, 2.45) is 10.1 Å². The molecule has 6 nitrogen and oxygen atoms in total. The van der Waals surface area contributed by atoms with Crippen LogP contribution < -0.4 is 19.0 Å². The van der Waals surface area contributed by atoms with Gasteiger partial charge in [-0.1, -0.05) is 28.1 Å². The Morgan fingerprint density at radius 1 is 1.04 bits per heavy atom. The van der Waals surface area contributed by atoms with E-state index in [1.54, 1.807) is 34.6 Å². The topological polar surface area (TPSA) is 57.3 Å². The van der Waals surface area contributed by atoms with Crippen LogP contribution in [0.5, 0.6) is 17.2 Å². The molecule has 0 fully saturated rings. The minimum absolute atomic E-state index is 0.525. The normalized spacial score (nSPS) is 11.8. The monoisotopic (exact) mass is 461 g/mol. The van der Waals surface area contributed by atoms with Gasteiger partial charge in [0.15, 0.2) is 11.5 Å². The van der Waals surface area contributed by atoms with Gasteiger partial charge in [0.2, 0.25) is 10.6 Å². The Morgan fingerprint density at radius 3 is 2.46 bits per heavy atom. The first-order valence-electron chi connectivity index (χ1n) is 8.35. The van der Waals surface area contributed by atoms with Crippen molar-refractivity contribution >= 4 is 33.5 Å². The number of thiazole rings is 1. The molecule has 28 heavy (non-hydrogen) atoms. The van der Waals surface area contributed by atoms with Crippen LogP contribution in [-0.4, -0.2) is 39.3 Å². The van der Waals surface area contributed by atoms with Crippen LogP contribution in [0.1, 0.15) is 5.56 Å². The first kappa shape index (κ1) is 20.2. The predicted octanol–water partition coefficient (Wildman–Crippen LogP) is 4.42. The number of hydrogen-bond acceptors (Lipinski definition) is 6. The van der Waals surface area contributed by atoms with E-state index in [1.807, 2.05) is 46.5 Å². The summed E-state index contributed by atoms with van der Waals surface area (Å²) in [6, 6.07) is 11.8. The Kier molecular flexibility index (Phi) is 6.53. The molecule has 0 N–H and O–H groups in total. The third kappa shape index (κ3) is 3.98. The number of aromatic nitrogens is 1. The molecule has 8 heteroatoms. The Bertz CT molecular complexity index is 1070. The van der Waals surface area contributed by atoms with Crippen LogP contribution >= 0.6 is 27.3 Å². The van der Waals surface area contributed by atoms with E-state index in [1.165, 1.54) is 11.3 Å². The molecule has 0 aliphatic rings. The van der Waals surface area contributed by atoms with Gasteiger partial charge in [-0.05, 0) is 24.3 Å². The number of rotatable bonds is 6. The zero-order valence-corrected chi connectivity index (χ0v) is 18.4. The Balaban J connectivity index is 2.10. The fourth-order valence-electron chi connectivity index (χ4n) is 2.75. The highest BCUT2D eigenvalue weighted by molar-refractivity contribution is 9.10. The van der Waals surface area contributed by atoms with Crippen molar-refractivity contribution < 1.29 is 14.2 Å². The molecule has 0 aliphatic heterocycles. The van der Waals surface area contributed by atoms with E-state index in [9.17, 15) is 0 Å². The van der Waals surface area contributed by atoms with Crippen molar-refractivity contribution in [3.63, 3.8) is 0 Å². The molecule has 1 aromatic heterocycles. The SMILES string of the molecule is CN=c1scc(-c2cccc(Br)c2)n1N=Cc1ccc(OC)c(OC)c1OC. The van der Waals surface area contributed by atoms with Crippen molar-refractivity contribution in [2.45, 2.75) is 0 Å². The predicted molar refractivity (Wildman–Crippen MR) is 116 cm³/mol. The highest BCUT2D eigenvalue weighted by Gasteiger charge is 2.15. The summed E-state index contributed by atoms with van der Waals surface area (Å²) >= 11 is 5.05. The lowest BCUT2D eigenvalue weighted by Gasteiger charge is -2.13. The minimum atomic E-state index is 0.525. The zero-order valence-electron chi connectivity index (χ0n) is 16.0. The Hall–Kier alpha value is -2.58. The first-order chi connectivity index (χ1) is 13.6. The van der Waals surface area contributed by atoms with Crippen molar-refractivity contribution in [3.8, 4) is 28.5 Å². The van der Waals surface area contributed by atoms with Gasteiger partial charge in [-0.2, -0.15) is 5.10 Å². The third-order valence-electron chi connectivity index (χ3n) is 4.04. The lowest BCUT2D eigenvalue weighted by atomic mass is 10.2. The van der Waals surface area contributed by atoms with Gasteiger partial charge in [-0.25, -0.2) is 4.68 Å². The van der Waals surface area contributed by atoms with Gasteiger partial charge in [0.1, 0.15) is 0 Å². The fourth-order valence-corrected chi connectivity index (χ4v) is 3.96. The average Bonchev–Trinajstić information content (AvgIpc) is 3.14. The summed E-state index contributed by atoms with van der Waals surface area (Å²) < 4.78 is 19.1. The number of benzene rings is 2. The molecule has 3 rings (SSSR count). The van der Waals surface area contributed by atoms with Crippen molar-refractivity contribution in [1.82, 2.24) is 4.68 Å². The Labute approximate surface area is 175 Å². The lowest BCUT2D eigenvalue weighted by Crippen LogP contribution is -2.11. The molecule has 0 aliphatic carbocycles. The zero-order chi connectivity index (χ0) is 20.1. The second kappa shape index (κ2) is 9.07. The van der Waals surface area contributed by atoms with E-state index in [0.29, 0.717) is 17.2 Å². The van der Waals surface area contributed by atoms with Gasteiger partial charge in [-0.3, -0.25) is 4.99 Å². The maximum atomic E-state index is 5.53. The van der Waals surface area contributed by atoms with Crippen LogP contribution in [0, 0.1) is 0 Å². The molecule has 0 unspecified atom stereocenters. The number of ether oxygens (including phenoxy) is 3. The van der Waals surface area contributed by atoms with Gasteiger partial charge < -0.3 is 14.2 Å². The first-order valence-corrected chi connectivity index (χ1v) is 10.0. The van der Waals surface area contributed by atoms with Gasteiger partial charge in [0.25, 0.3) is 0 Å². The van der Waals surface area contributed by atoms with Crippen molar-refractivity contribution in [2.75, 3.05) is 28.4 Å². The fraction of sp³-hybridized carbons (Fsp3) is 0.200. The number of nitrogens with zero attached hydrogens (tertiary/aromatic N) is 3. The molecule has 0 saturated heterocycles. The highest BCUT2D eigenvalue weighted by atomic mass is 79.9. The third-order valence-corrected chi connectivity index (χ3v) is 5.44. The van der Waals surface area contributed by atoms with Crippen LogP contribution in [-0.2, 0) is 0 Å². The smallest absolute Gasteiger partial charge is 0.205 e. The number of halogens is 1. The van der Waals surface area contributed by atoms with Gasteiger partial charge >= 0.3 is 0 Å². The standard InChI is InChI=1S/C20H20BrN3O3S/c1-22-20-24(16(12-28-20)13-6-5-7-15(21)10-13)23-11-14-8-9-17(25-2)19(27-4)18(14)26-3/h5-12H,1-4H3. The number of methoxy groups -OCH3 is 3. The van der Waals surface area contributed by atoms with Crippen molar-refractivity contribution in [1.29, 1.82) is 0 Å². The van der Waals surface area contributed by atoms with Crippen molar-refractivity contribution in [3.05, 3.63) is 56.6 Å². The molecule has 146 valence electrons. The van der Waals surface area contributed by atoms with Gasteiger partial charge in [-0.15, -0.1) is 11.3 Å². The summed E-state index contributed by atoms with van der Waals surface area (Å²) in [5.41, 5.74) is 2.75. The highest BCUT2D eigenvalue weighted by Crippen LogP contribution is 2.39. The van der Waals surface area contributed by atoms with Gasteiger partial charge in [0, 0.05) is 28.0 Å². The number of hydrogen-bond donors (Lipinski definition) is 0. The summed E-state index contributed by atoms with van der Waals surface area (Å²) in [6.45, 7) is 0. The summed E-state index contributed by atoms with van der Waals surface area (Å²) in [5.74, 6) is 1.68. The Morgan fingerprint density at radius 2 is 1.82 bits per heavy atom. The van der Waals surface area contributed by atoms with E-state index in [2.05, 4.69) is 26.0 Å². The van der Waals surface area contributed by atoms with E-state index in [4.69, 9.17) is 14.2 Å². The lowest BCUT2D eigenvalue weighted by molar-refractivity contribution is 0.324. The summed E-state index contributed by atoms with van der Waals surface area (Å²) in [5, 5.41) is 6.70. The molecule has 0 bridgehead atoms. The van der Waals surface area contributed by atoms with Gasteiger partial charge in [0.05, 0.1) is 33.2 Å². The second-order valence-corrected chi connectivity index (χ2v) is 7.37. The summed E-state index contributed by atoms with van der Waals surface area (Å²) in [4.78, 5) is 5.12. The molecule has 0 saturated carbocycles. The van der Waals surface area contributed by atoms with Crippen LogP contribution in [0.25, 0.3) is 11.3 Å². The average molecular weight is 462 g/mol. The molecule has 1 heterocycles. The van der Waals surface area contributed by atoms with Crippen LogP contribution in [0.3, 0.4) is 0 Å². The van der Waals surface area contributed by atoms with E-state index >= 15 is 0 Å². The summed E-state index contributed by atoms with van der Waals surface area (Å²) in [6.07, 6.45) is 1.73. The van der Waals surface area contributed by atoms with E-state index in [0.717, 1.165) is 26.1 Å². The van der Waals surface area contributed by atoms with Crippen LogP contribution in [0.15, 0.2) is 56.3 Å². The molecular weight excluding hydrogens is 442 g/mol. The molecule has 3 aromatic rings. The van der Waals surface area contributed by atoms with Crippen LogP contribution in [0.2, 0.25) is 0 Å². The summed E-state index contributed by atoms with van der Waals surface area (Å²) in [7, 11) is 6.51. The van der Waals surface area contributed by atoms with E-state index < -0.39 is 0 Å². The maximum absolute atomic E-state index is 5.53. The van der Waals surface area contributed by atoms with Crippen LogP contribution in [0.4, 0.5) is 0 Å². The minimum Gasteiger partial charge on any atom is -0.493 e. The van der Waals surface area contributed by atoms with E-state index in [-0.39, 0.29) is 0 Å².